The molecule has 0 atom stereocenters. The summed E-state index contributed by atoms with van der Waals surface area (Å²) in [4.78, 5) is 20.6. The molecule has 2 heterocycles. The van der Waals surface area contributed by atoms with Gasteiger partial charge in [0.05, 0.1) is 17.8 Å². The third kappa shape index (κ3) is 4.06. The number of thiazole rings is 1. The third-order valence-corrected chi connectivity index (χ3v) is 4.74. The van der Waals surface area contributed by atoms with Gasteiger partial charge in [-0.15, -0.1) is 11.3 Å². The van der Waals surface area contributed by atoms with Crippen molar-refractivity contribution in [3.8, 4) is 16.3 Å². The molecule has 8 heteroatoms. The Kier molecular flexibility index (Phi) is 4.71. The van der Waals surface area contributed by atoms with E-state index >= 15 is 0 Å². The molecule has 0 aliphatic carbocycles. The molecule has 4 rings (SSSR count). The molecule has 1 N–H and O–H groups in total. The van der Waals surface area contributed by atoms with Crippen LogP contribution in [0.5, 0.6) is 0 Å². The summed E-state index contributed by atoms with van der Waals surface area (Å²) in [6.07, 6.45) is 3.21. The van der Waals surface area contributed by atoms with Crippen LogP contribution in [0.2, 0.25) is 0 Å². The van der Waals surface area contributed by atoms with Crippen LogP contribution in [0.15, 0.2) is 66.6 Å². The maximum atomic E-state index is 13.3. The predicted molar refractivity (Wildman–Crippen MR) is 101 cm³/mol. The normalized spacial score (nSPS) is 10.7. The van der Waals surface area contributed by atoms with Gasteiger partial charge in [0, 0.05) is 16.6 Å². The monoisotopic (exact) mass is 379 g/mol. The molecule has 0 fully saturated rings. The van der Waals surface area contributed by atoms with E-state index in [1.807, 2.05) is 17.5 Å². The van der Waals surface area contributed by atoms with E-state index in [1.54, 1.807) is 35.3 Å². The zero-order valence-corrected chi connectivity index (χ0v) is 14.9. The van der Waals surface area contributed by atoms with E-state index in [-0.39, 0.29) is 18.1 Å². The summed E-state index contributed by atoms with van der Waals surface area (Å²) < 4.78 is 15.0. The largest absolute Gasteiger partial charge is 0.326 e. The first-order valence-electron chi connectivity index (χ1n) is 8.13. The molecular weight excluding hydrogens is 365 g/mol. The molecule has 1 amide bonds. The topological polar surface area (TPSA) is 72.7 Å². The van der Waals surface area contributed by atoms with E-state index < -0.39 is 0 Å². The molecule has 27 heavy (non-hydrogen) atoms. The molecule has 2 aromatic heterocycles. The van der Waals surface area contributed by atoms with E-state index in [4.69, 9.17) is 0 Å². The van der Waals surface area contributed by atoms with Crippen molar-refractivity contribution in [1.82, 2.24) is 19.7 Å². The van der Waals surface area contributed by atoms with Crippen molar-refractivity contribution in [2.24, 2.45) is 0 Å². The molecular formula is C19H14FN5OS. The smallest absolute Gasteiger partial charge is 0.230 e. The highest BCUT2D eigenvalue weighted by molar-refractivity contribution is 7.13. The first kappa shape index (κ1) is 17.0. The minimum atomic E-state index is -0.309. The van der Waals surface area contributed by atoms with E-state index in [0.29, 0.717) is 22.0 Å². The van der Waals surface area contributed by atoms with Crippen LogP contribution in [0.3, 0.4) is 0 Å². The molecule has 0 radical (unpaired) electrons. The van der Waals surface area contributed by atoms with Crippen LogP contribution < -0.4 is 5.32 Å². The van der Waals surface area contributed by atoms with Crippen molar-refractivity contribution in [2.75, 3.05) is 5.32 Å². The summed E-state index contributed by atoms with van der Waals surface area (Å²) in [5.41, 5.74) is 2.89. The average molecular weight is 379 g/mol. The van der Waals surface area contributed by atoms with E-state index in [0.717, 1.165) is 5.69 Å². The highest BCUT2D eigenvalue weighted by Gasteiger charge is 2.10. The van der Waals surface area contributed by atoms with E-state index in [1.165, 1.54) is 29.8 Å². The maximum Gasteiger partial charge on any atom is 0.230 e. The fourth-order valence-electron chi connectivity index (χ4n) is 2.55. The summed E-state index contributed by atoms with van der Waals surface area (Å²) in [5, 5.41) is 9.40. The van der Waals surface area contributed by atoms with Gasteiger partial charge >= 0.3 is 0 Å². The SMILES string of the molecule is O=C(Cc1csc(-c2cccc(F)c2)n1)Nc1ccc(-n2cncn2)cc1. The van der Waals surface area contributed by atoms with Crippen LogP contribution in [0.1, 0.15) is 5.69 Å². The minimum Gasteiger partial charge on any atom is -0.326 e. The number of hydrogen-bond acceptors (Lipinski definition) is 5. The molecule has 6 nitrogen and oxygen atoms in total. The lowest BCUT2D eigenvalue weighted by Gasteiger charge is -2.05. The second-order valence-electron chi connectivity index (χ2n) is 5.77. The van der Waals surface area contributed by atoms with Crippen molar-refractivity contribution in [3.05, 3.63) is 78.1 Å². The standard InChI is InChI=1S/C19H14FN5OS/c20-14-3-1-2-13(8-14)19-24-16(10-27-19)9-18(26)23-15-4-6-17(7-5-15)25-12-21-11-22-25/h1-8,10-12H,9H2,(H,23,26). The molecule has 2 aromatic carbocycles. The van der Waals surface area contributed by atoms with Crippen molar-refractivity contribution in [2.45, 2.75) is 6.42 Å². The first-order valence-corrected chi connectivity index (χ1v) is 9.00. The molecule has 0 saturated carbocycles. The molecule has 0 saturated heterocycles. The lowest BCUT2D eigenvalue weighted by atomic mass is 10.2. The number of benzene rings is 2. The zero-order valence-electron chi connectivity index (χ0n) is 14.0. The van der Waals surface area contributed by atoms with Gasteiger partial charge in [-0.25, -0.2) is 19.0 Å². The maximum absolute atomic E-state index is 13.3. The third-order valence-electron chi connectivity index (χ3n) is 3.80. The number of aromatic nitrogens is 4. The second-order valence-corrected chi connectivity index (χ2v) is 6.62. The Labute approximate surface area is 158 Å². The summed E-state index contributed by atoms with van der Waals surface area (Å²) in [6.45, 7) is 0. The number of hydrogen-bond donors (Lipinski definition) is 1. The molecule has 4 aromatic rings. The molecule has 0 aliphatic rings. The number of rotatable bonds is 5. The first-order chi connectivity index (χ1) is 13.2. The van der Waals surface area contributed by atoms with Gasteiger partial charge in [0.1, 0.15) is 23.5 Å². The molecule has 0 unspecified atom stereocenters. The number of amides is 1. The van der Waals surface area contributed by atoms with Gasteiger partial charge in [0.2, 0.25) is 5.91 Å². The van der Waals surface area contributed by atoms with Crippen LogP contribution in [0, 0.1) is 5.82 Å². The number of halogens is 1. The number of nitrogens with zero attached hydrogens (tertiary/aromatic N) is 4. The van der Waals surface area contributed by atoms with Crippen molar-refractivity contribution < 1.29 is 9.18 Å². The average Bonchev–Trinajstić information content (AvgIpc) is 3.34. The van der Waals surface area contributed by atoms with Crippen molar-refractivity contribution in [3.63, 3.8) is 0 Å². The summed E-state index contributed by atoms with van der Waals surface area (Å²) in [7, 11) is 0. The lowest BCUT2D eigenvalue weighted by molar-refractivity contribution is -0.115. The van der Waals surface area contributed by atoms with Crippen LogP contribution in [-0.4, -0.2) is 25.7 Å². The van der Waals surface area contributed by atoms with Gasteiger partial charge in [-0.1, -0.05) is 12.1 Å². The predicted octanol–water partition coefficient (Wildman–Crippen LogP) is 3.71. The quantitative estimate of drug-likeness (QED) is 0.574. The van der Waals surface area contributed by atoms with Gasteiger partial charge in [0.15, 0.2) is 0 Å². The van der Waals surface area contributed by atoms with Crippen LogP contribution >= 0.6 is 11.3 Å². The summed E-state index contributed by atoms with van der Waals surface area (Å²) in [5.74, 6) is -0.476. The zero-order chi connectivity index (χ0) is 18.6. The Morgan fingerprint density at radius 3 is 2.78 bits per heavy atom. The van der Waals surface area contributed by atoms with Gasteiger partial charge < -0.3 is 5.32 Å². The van der Waals surface area contributed by atoms with Gasteiger partial charge in [-0.3, -0.25) is 4.79 Å². The van der Waals surface area contributed by atoms with Crippen LogP contribution in [0.25, 0.3) is 16.3 Å². The Bertz CT molecular complexity index is 1060. The number of carbonyl (C=O) groups is 1. The Morgan fingerprint density at radius 1 is 1.19 bits per heavy atom. The fraction of sp³-hybridized carbons (Fsp3) is 0.0526. The van der Waals surface area contributed by atoms with Gasteiger partial charge in [0.25, 0.3) is 0 Å². The van der Waals surface area contributed by atoms with Crippen LogP contribution in [-0.2, 0) is 11.2 Å². The molecule has 134 valence electrons. The Balaban J connectivity index is 1.40. The highest BCUT2D eigenvalue weighted by Crippen LogP contribution is 2.24. The highest BCUT2D eigenvalue weighted by atomic mass is 32.1. The van der Waals surface area contributed by atoms with Crippen molar-refractivity contribution >= 4 is 22.9 Å². The Morgan fingerprint density at radius 2 is 2.04 bits per heavy atom. The Hall–Kier alpha value is -3.39. The summed E-state index contributed by atoms with van der Waals surface area (Å²) >= 11 is 1.39. The number of carbonyl (C=O) groups excluding carboxylic acids is 1. The molecule has 0 aliphatic heterocycles. The minimum absolute atomic E-state index is 0.149. The second kappa shape index (κ2) is 7.46. The van der Waals surface area contributed by atoms with Crippen molar-refractivity contribution in [1.29, 1.82) is 0 Å². The summed E-state index contributed by atoms with van der Waals surface area (Å²) in [6, 6.07) is 13.5. The number of nitrogens with one attached hydrogen (secondary N) is 1. The molecule has 0 bridgehead atoms. The van der Waals surface area contributed by atoms with E-state index in [9.17, 15) is 9.18 Å². The molecule has 0 spiro atoms. The van der Waals surface area contributed by atoms with Crippen LogP contribution in [0.4, 0.5) is 10.1 Å². The fourth-order valence-corrected chi connectivity index (χ4v) is 3.37. The van der Waals surface area contributed by atoms with Gasteiger partial charge in [-0.2, -0.15) is 5.10 Å². The lowest BCUT2D eigenvalue weighted by Crippen LogP contribution is -2.14. The van der Waals surface area contributed by atoms with Gasteiger partial charge in [-0.05, 0) is 36.4 Å². The van der Waals surface area contributed by atoms with E-state index in [2.05, 4.69) is 20.4 Å². The number of anilines is 1.